The van der Waals surface area contributed by atoms with Crippen molar-refractivity contribution >= 4 is 57.9 Å². The van der Waals surface area contributed by atoms with Gasteiger partial charge in [-0.25, -0.2) is 22.6 Å². The van der Waals surface area contributed by atoms with Crippen molar-refractivity contribution in [1.29, 1.82) is 5.26 Å². The SMILES string of the molecule is CCCCCCCCCCCCCC(=O)OCOP(=O)(O)CS(=O)(=O)C[C@H]1O[C@@H](n2ccc3c(N[C@H]4C[C@@H](F)C4)c(C#N)c(Cl)nc32)[C@@H]2OC(=O)O[C@@H]21. The summed E-state index contributed by atoms with van der Waals surface area (Å²) in [7, 11) is -9.21. The summed E-state index contributed by atoms with van der Waals surface area (Å²) < 4.78 is 80.2. The summed E-state index contributed by atoms with van der Waals surface area (Å²) in [6, 6.07) is 3.39. The minimum atomic E-state index is -4.80. The number of anilines is 1. The van der Waals surface area contributed by atoms with Crippen LogP contribution in [0.5, 0.6) is 0 Å². The molecule has 1 saturated carbocycles. The molecule has 2 aromatic heterocycles. The zero-order valence-electron chi connectivity index (χ0n) is 29.6. The van der Waals surface area contributed by atoms with Crippen LogP contribution in [-0.4, -0.2) is 83.6 Å². The maximum absolute atomic E-state index is 13.5. The monoisotopic (exact) mass is 804 g/mol. The molecule has 5 atom stereocenters. The standard InChI is InChI=1S/C34H47ClFN4O11PS/c1-2-3-4-5-6-7-8-9-10-11-12-13-27(41)47-20-48-52(43,44)21-53(45,46)19-26-29-30(51-34(42)50-29)33(49-26)40-15-14-24-28(38-23-16-22(36)17-23)25(18-37)31(35)39-32(24)40/h14-15,22-23,26,29-30,33H,2-13,16-17,19-21H2,1H3,(H,38,39)(H,43,44)/t22-,23+,26-,29-,30-,33-/m1/s1. The van der Waals surface area contributed by atoms with Crippen molar-refractivity contribution in [2.75, 3.05) is 23.4 Å². The molecule has 294 valence electrons. The number of hydrogen-bond acceptors (Lipinski definition) is 13. The highest BCUT2D eigenvalue weighted by molar-refractivity contribution is 7.97. The van der Waals surface area contributed by atoms with Crippen LogP contribution in [0.3, 0.4) is 0 Å². The minimum absolute atomic E-state index is 0.0544. The Bertz CT molecular complexity index is 1800. The lowest BCUT2D eigenvalue weighted by molar-refractivity contribution is -0.150. The molecule has 2 saturated heterocycles. The van der Waals surface area contributed by atoms with E-state index in [-0.39, 0.29) is 41.7 Å². The zero-order chi connectivity index (χ0) is 38.2. The van der Waals surface area contributed by atoms with Gasteiger partial charge in [0.05, 0.1) is 11.4 Å². The molecule has 5 rings (SSSR count). The highest BCUT2D eigenvalue weighted by Crippen LogP contribution is 2.46. The van der Waals surface area contributed by atoms with Crippen molar-refractivity contribution < 1.29 is 55.3 Å². The van der Waals surface area contributed by atoms with Crippen molar-refractivity contribution in [3.8, 4) is 6.07 Å². The molecule has 0 spiro atoms. The summed E-state index contributed by atoms with van der Waals surface area (Å²) in [5.74, 6) is -1.47. The maximum Gasteiger partial charge on any atom is 0.509 e. The molecule has 3 fully saturated rings. The van der Waals surface area contributed by atoms with Crippen molar-refractivity contribution in [1.82, 2.24) is 9.55 Å². The third-order valence-electron chi connectivity index (χ3n) is 9.62. The largest absolute Gasteiger partial charge is 0.509 e. The van der Waals surface area contributed by atoms with Gasteiger partial charge >= 0.3 is 19.7 Å². The van der Waals surface area contributed by atoms with Gasteiger partial charge in [0.25, 0.3) is 0 Å². The molecule has 0 radical (unpaired) electrons. The molecule has 0 aromatic carbocycles. The van der Waals surface area contributed by atoms with Crippen LogP contribution in [0.1, 0.15) is 109 Å². The van der Waals surface area contributed by atoms with Crippen molar-refractivity contribution in [3.63, 3.8) is 0 Å². The van der Waals surface area contributed by atoms with Gasteiger partial charge in [0.15, 0.2) is 38.9 Å². The van der Waals surface area contributed by atoms with Gasteiger partial charge in [-0.1, -0.05) is 82.7 Å². The first-order chi connectivity index (χ1) is 25.3. The third-order valence-corrected chi connectivity index (χ3v) is 14.1. The lowest BCUT2D eigenvalue weighted by Crippen LogP contribution is -2.36. The molecule has 2 aromatic rings. The number of halogens is 2. The first-order valence-corrected chi connectivity index (χ1v) is 22.1. The Morgan fingerprint density at radius 1 is 1.13 bits per heavy atom. The van der Waals surface area contributed by atoms with Crippen LogP contribution >= 0.6 is 19.2 Å². The Hall–Kier alpha value is -3.00. The fourth-order valence-corrected chi connectivity index (χ4v) is 10.7. The molecule has 2 aliphatic heterocycles. The first kappa shape index (κ1) is 41.2. The topological polar surface area (TPSA) is 205 Å². The van der Waals surface area contributed by atoms with Crippen LogP contribution < -0.4 is 5.32 Å². The van der Waals surface area contributed by atoms with E-state index in [1.165, 1.54) is 55.7 Å². The summed E-state index contributed by atoms with van der Waals surface area (Å²) in [6.45, 7) is 1.30. The van der Waals surface area contributed by atoms with E-state index in [9.17, 15) is 37.1 Å². The van der Waals surface area contributed by atoms with Crippen LogP contribution in [0.2, 0.25) is 5.15 Å². The average molecular weight is 805 g/mol. The number of nitrogens with zero attached hydrogens (tertiary/aromatic N) is 3. The summed E-state index contributed by atoms with van der Waals surface area (Å²) in [6.07, 6.45) is 7.53. The van der Waals surface area contributed by atoms with E-state index >= 15 is 0 Å². The second kappa shape index (κ2) is 18.6. The lowest BCUT2D eigenvalue weighted by atomic mass is 9.90. The highest BCUT2D eigenvalue weighted by atomic mass is 35.5. The van der Waals surface area contributed by atoms with Gasteiger partial charge in [-0.3, -0.25) is 13.9 Å². The molecule has 1 aliphatic carbocycles. The van der Waals surface area contributed by atoms with Gasteiger partial charge in [-0.2, -0.15) is 5.26 Å². The highest BCUT2D eigenvalue weighted by Gasteiger charge is 2.56. The number of esters is 1. The Kier molecular flexibility index (Phi) is 14.4. The first-order valence-electron chi connectivity index (χ1n) is 18.2. The summed E-state index contributed by atoms with van der Waals surface area (Å²) in [4.78, 5) is 38.9. The van der Waals surface area contributed by atoms with E-state index in [1.807, 2.05) is 6.07 Å². The fourth-order valence-electron chi connectivity index (χ4n) is 6.82. The van der Waals surface area contributed by atoms with Gasteiger partial charge in [-0.15, -0.1) is 0 Å². The number of rotatable bonds is 22. The summed E-state index contributed by atoms with van der Waals surface area (Å²) in [5.41, 5.74) is -0.721. The Morgan fingerprint density at radius 3 is 2.42 bits per heavy atom. The number of alkyl halides is 1. The van der Waals surface area contributed by atoms with E-state index < -0.39 is 78.3 Å². The van der Waals surface area contributed by atoms with Crippen LogP contribution in [0.4, 0.5) is 14.9 Å². The van der Waals surface area contributed by atoms with Gasteiger partial charge in [0.2, 0.25) is 6.79 Å². The second-order valence-corrected chi connectivity index (χ2v) is 18.6. The Morgan fingerprint density at radius 2 is 1.77 bits per heavy atom. The maximum atomic E-state index is 13.5. The van der Waals surface area contributed by atoms with E-state index in [0.717, 1.165) is 19.3 Å². The third kappa shape index (κ3) is 11.0. The molecular weight excluding hydrogens is 758 g/mol. The number of nitrogens with one attached hydrogen (secondary N) is 1. The fraction of sp³-hybridized carbons (Fsp3) is 0.706. The molecule has 0 amide bonds. The molecule has 4 heterocycles. The van der Waals surface area contributed by atoms with E-state index in [1.54, 1.807) is 6.07 Å². The van der Waals surface area contributed by atoms with Crippen LogP contribution in [0, 0.1) is 11.3 Å². The molecule has 1 unspecified atom stereocenters. The number of fused-ring (bicyclic) bond motifs is 2. The van der Waals surface area contributed by atoms with Crippen LogP contribution in [0.15, 0.2) is 12.3 Å². The number of nitriles is 1. The average Bonchev–Trinajstić information content (AvgIpc) is 3.75. The van der Waals surface area contributed by atoms with Crippen LogP contribution in [0.25, 0.3) is 11.0 Å². The van der Waals surface area contributed by atoms with E-state index in [2.05, 4.69) is 17.2 Å². The molecule has 19 heteroatoms. The molecule has 15 nitrogen and oxygen atoms in total. The number of aromatic nitrogens is 2. The molecule has 0 bridgehead atoms. The minimum Gasteiger partial charge on any atom is -0.438 e. The number of carbonyl (C=O) groups excluding carboxylic acids is 2. The van der Waals surface area contributed by atoms with Gasteiger partial charge in [0, 0.05) is 24.0 Å². The molecule has 2 N–H and O–H groups in total. The predicted octanol–water partition coefficient (Wildman–Crippen LogP) is 7.05. The molecular formula is C34H47ClFN4O11PS. The van der Waals surface area contributed by atoms with Gasteiger partial charge in [0.1, 0.15) is 29.6 Å². The van der Waals surface area contributed by atoms with Crippen molar-refractivity contribution in [2.45, 2.75) is 134 Å². The predicted molar refractivity (Wildman–Crippen MR) is 192 cm³/mol. The smallest absolute Gasteiger partial charge is 0.438 e. The van der Waals surface area contributed by atoms with Gasteiger partial charge < -0.3 is 33.7 Å². The van der Waals surface area contributed by atoms with Crippen molar-refractivity contribution in [2.24, 2.45) is 0 Å². The number of unbranched alkanes of at least 4 members (excludes halogenated alkanes) is 10. The normalized spacial score (nSPS) is 24.8. The Labute approximate surface area is 313 Å². The lowest BCUT2D eigenvalue weighted by Gasteiger charge is -2.31. The zero-order valence-corrected chi connectivity index (χ0v) is 32.1. The number of ether oxygens (including phenoxy) is 4. The Balaban J connectivity index is 1.11. The molecule has 3 aliphatic rings. The molecule has 53 heavy (non-hydrogen) atoms. The quantitative estimate of drug-likeness (QED) is 0.0402. The second-order valence-electron chi connectivity index (χ2n) is 13.8. The number of sulfone groups is 1. The number of carbonyl (C=O) groups is 2. The van der Waals surface area contributed by atoms with E-state index in [0.29, 0.717) is 17.5 Å². The summed E-state index contributed by atoms with van der Waals surface area (Å²) >= 11 is 6.36. The number of hydrogen-bond donors (Lipinski definition) is 2. The van der Waals surface area contributed by atoms with Gasteiger partial charge in [-0.05, 0) is 25.3 Å². The van der Waals surface area contributed by atoms with E-state index in [4.69, 9.17) is 35.1 Å². The number of pyridine rings is 1. The van der Waals surface area contributed by atoms with Crippen molar-refractivity contribution in [3.05, 3.63) is 23.0 Å². The van der Waals surface area contributed by atoms with Crippen LogP contribution in [-0.2, 0) is 42.7 Å². The summed E-state index contributed by atoms with van der Waals surface area (Å²) in [5, 5.41) is 13.2.